The predicted octanol–water partition coefficient (Wildman–Crippen LogP) is 5.66. The van der Waals surface area contributed by atoms with Crippen molar-refractivity contribution in [2.24, 2.45) is 0 Å². The van der Waals surface area contributed by atoms with Gasteiger partial charge in [-0.25, -0.2) is 0 Å². The highest BCUT2D eigenvalue weighted by atomic mass is 16.5. The van der Waals surface area contributed by atoms with Crippen molar-refractivity contribution in [1.82, 2.24) is 5.32 Å². The zero-order valence-corrected chi connectivity index (χ0v) is 20.3. The van der Waals surface area contributed by atoms with Gasteiger partial charge >= 0.3 is 0 Å². The summed E-state index contributed by atoms with van der Waals surface area (Å²) >= 11 is 0. The Morgan fingerprint density at radius 3 is 2.24 bits per heavy atom. The third-order valence-corrected chi connectivity index (χ3v) is 8.12. The van der Waals surface area contributed by atoms with Gasteiger partial charge in [0.25, 0.3) is 0 Å². The van der Waals surface area contributed by atoms with Crippen LogP contribution < -0.4 is 5.32 Å². The lowest BCUT2D eigenvalue weighted by atomic mass is 9.74. The maximum absolute atomic E-state index is 13.8. The quantitative estimate of drug-likeness (QED) is 0.605. The molecule has 1 amide bonds. The number of nitrogens with one attached hydrogen (secondary N) is 1. The summed E-state index contributed by atoms with van der Waals surface area (Å²) in [5.41, 5.74) is 7.16. The fourth-order valence-electron chi connectivity index (χ4n) is 6.31. The van der Waals surface area contributed by atoms with Crippen LogP contribution >= 0.6 is 0 Å². The molecular weight excluding hydrogens is 410 g/mol. The molecule has 1 saturated heterocycles. The van der Waals surface area contributed by atoms with Crippen molar-refractivity contribution >= 4 is 11.7 Å². The molecule has 5 rings (SSSR count). The second kappa shape index (κ2) is 8.39. The van der Waals surface area contributed by atoms with Crippen molar-refractivity contribution in [3.05, 3.63) is 58.1 Å². The topological polar surface area (TPSA) is 55.4 Å². The maximum atomic E-state index is 13.8. The highest BCUT2D eigenvalue weighted by molar-refractivity contribution is 6.17. The van der Waals surface area contributed by atoms with Crippen LogP contribution in [0, 0.1) is 20.8 Å². The van der Waals surface area contributed by atoms with Gasteiger partial charge in [-0.3, -0.25) is 9.59 Å². The molecular formula is C29H35NO3. The molecule has 1 aliphatic heterocycles. The van der Waals surface area contributed by atoms with Gasteiger partial charge in [0.1, 0.15) is 5.92 Å². The number of rotatable bonds is 5. The Morgan fingerprint density at radius 2 is 1.64 bits per heavy atom. The highest BCUT2D eigenvalue weighted by Gasteiger charge is 2.54. The molecule has 0 aromatic heterocycles. The lowest BCUT2D eigenvalue weighted by Crippen LogP contribution is -2.50. The molecule has 2 aromatic rings. The van der Waals surface area contributed by atoms with E-state index in [-0.39, 0.29) is 17.8 Å². The Hall–Kier alpha value is -2.46. The van der Waals surface area contributed by atoms with E-state index >= 15 is 0 Å². The van der Waals surface area contributed by atoms with Crippen LogP contribution in [-0.2, 0) is 14.3 Å². The van der Waals surface area contributed by atoms with E-state index in [0.29, 0.717) is 19.4 Å². The van der Waals surface area contributed by atoms with Crippen LogP contribution in [0.1, 0.15) is 85.1 Å². The Labute approximate surface area is 197 Å². The van der Waals surface area contributed by atoms with Crippen LogP contribution in [0.3, 0.4) is 0 Å². The summed E-state index contributed by atoms with van der Waals surface area (Å²) < 4.78 is 5.78. The molecule has 3 aliphatic rings. The molecule has 1 N–H and O–H groups in total. The summed E-state index contributed by atoms with van der Waals surface area (Å²) in [7, 11) is 0. The van der Waals surface area contributed by atoms with E-state index in [0.717, 1.165) is 46.6 Å². The van der Waals surface area contributed by atoms with E-state index in [4.69, 9.17) is 4.74 Å². The normalized spacial score (nSPS) is 27.3. The molecule has 2 saturated carbocycles. The Balaban J connectivity index is 1.49. The molecule has 2 aliphatic carbocycles. The molecule has 4 nitrogen and oxygen atoms in total. The van der Waals surface area contributed by atoms with Crippen molar-refractivity contribution in [3.63, 3.8) is 0 Å². The second-order valence-electron chi connectivity index (χ2n) is 10.3. The second-order valence-corrected chi connectivity index (χ2v) is 10.3. The molecule has 1 spiro atoms. The first-order valence-electron chi connectivity index (χ1n) is 12.5. The molecule has 4 heteroatoms. The number of benzene rings is 2. The van der Waals surface area contributed by atoms with E-state index in [2.05, 4.69) is 49.5 Å². The molecule has 1 atom stereocenters. The first-order chi connectivity index (χ1) is 15.8. The maximum Gasteiger partial charge on any atom is 0.235 e. The van der Waals surface area contributed by atoms with Crippen LogP contribution in [0.15, 0.2) is 30.3 Å². The molecule has 1 unspecified atom stereocenters. The average Bonchev–Trinajstić information content (AvgIpc) is 3.60. The van der Waals surface area contributed by atoms with Crippen molar-refractivity contribution in [2.75, 3.05) is 6.61 Å². The van der Waals surface area contributed by atoms with Crippen molar-refractivity contribution in [1.29, 1.82) is 0 Å². The van der Waals surface area contributed by atoms with Crippen molar-refractivity contribution in [2.45, 2.75) is 89.7 Å². The minimum Gasteiger partial charge on any atom is -0.379 e. The SMILES string of the molecule is CCOC1CCC2(CC1)NC(=O)C(c1c(C)cc(C)c(-c3ccc(C4CC4)cc3)c1C)C2=O. The standard InChI is InChI=1S/C29H35NO3/c1-5-33-23-12-14-29(15-13-23)27(31)26(28(32)30-29)25-18(3)16-17(2)24(19(25)4)22-10-8-21(9-11-22)20-6-7-20/h8-11,16,20,23,26H,5-7,12-15H2,1-4H3,(H,30,32). The van der Waals surface area contributed by atoms with Gasteiger partial charge in [0.05, 0.1) is 11.6 Å². The molecule has 1 heterocycles. The van der Waals surface area contributed by atoms with Crippen molar-refractivity contribution < 1.29 is 14.3 Å². The Kier molecular flexibility index (Phi) is 5.68. The third-order valence-electron chi connectivity index (χ3n) is 8.12. The smallest absolute Gasteiger partial charge is 0.235 e. The summed E-state index contributed by atoms with van der Waals surface area (Å²) in [4.78, 5) is 27.1. The number of hydrogen-bond donors (Lipinski definition) is 1. The number of ether oxygens (including phenoxy) is 1. The molecule has 0 radical (unpaired) electrons. The minimum atomic E-state index is -0.731. The van der Waals surface area contributed by atoms with Gasteiger partial charge in [0.15, 0.2) is 5.78 Å². The van der Waals surface area contributed by atoms with Crippen LogP contribution in [0.5, 0.6) is 0 Å². The third kappa shape index (κ3) is 3.82. The fraction of sp³-hybridized carbons (Fsp3) is 0.517. The Morgan fingerprint density at radius 1 is 0.970 bits per heavy atom. The van der Waals surface area contributed by atoms with Gasteiger partial charge in [0.2, 0.25) is 5.91 Å². The number of aryl methyl sites for hydroxylation is 2. The molecule has 3 fully saturated rings. The zero-order valence-electron chi connectivity index (χ0n) is 20.3. The van der Waals surface area contributed by atoms with Crippen LogP contribution in [0.2, 0.25) is 0 Å². The summed E-state index contributed by atoms with van der Waals surface area (Å²) in [5.74, 6) is -0.0881. The number of hydrogen-bond acceptors (Lipinski definition) is 3. The van der Waals surface area contributed by atoms with Crippen molar-refractivity contribution in [3.8, 4) is 11.1 Å². The number of Topliss-reactive ketones (excluding diaryl/α,β-unsaturated/α-hetero) is 1. The predicted molar refractivity (Wildman–Crippen MR) is 131 cm³/mol. The number of carbonyl (C=O) groups excluding carboxylic acids is 2. The number of amides is 1. The zero-order chi connectivity index (χ0) is 23.3. The van der Waals surface area contributed by atoms with Gasteiger partial charge in [-0.05, 0) is 111 Å². The molecule has 33 heavy (non-hydrogen) atoms. The number of carbonyl (C=O) groups is 2. The highest BCUT2D eigenvalue weighted by Crippen LogP contribution is 2.44. The largest absolute Gasteiger partial charge is 0.379 e. The monoisotopic (exact) mass is 445 g/mol. The molecule has 0 bridgehead atoms. The van der Waals surface area contributed by atoms with Gasteiger partial charge in [0, 0.05) is 6.61 Å². The lowest BCUT2D eigenvalue weighted by molar-refractivity contribution is -0.126. The first kappa shape index (κ1) is 22.3. The van der Waals surface area contributed by atoms with E-state index in [1.165, 1.54) is 24.0 Å². The molecule has 174 valence electrons. The Bertz CT molecular complexity index is 1090. The molecule has 2 aromatic carbocycles. The van der Waals surface area contributed by atoms with Crippen LogP contribution in [0.4, 0.5) is 0 Å². The van der Waals surface area contributed by atoms with E-state index < -0.39 is 11.5 Å². The lowest BCUT2D eigenvalue weighted by Gasteiger charge is -2.35. The van der Waals surface area contributed by atoms with E-state index in [9.17, 15) is 9.59 Å². The summed E-state index contributed by atoms with van der Waals surface area (Å²) in [6.45, 7) is 8.93. The van der Waals surface area contributed by atoms with Gasteiger partial charge in [-0.15, -0.1) is 0 Å². The first-order valence-corrected chi connectivity index (χ1v) is 12.5. The number of ketones is 1. The average molecular weight is 446 g/mol. The fourth-order valence-corrected chi connectivity index (χ4v) is 6.31. The van der Waals surface area contributed by atoms with Gasteiger partial charge in [-0.2, -0.15) is 0 Å². The van der Waals surface area contributed by atoms with Crippen LogP contribution in [-0.4, -0.2) is 29.9 Å². The van der Waals surface area contributed by atoms with Gasteiger partial charge in [-0.1, -0.05) is 30.3 Å². The summed E-state index contributed by atoms with van der Waals surface area (Å²) in [6, 6.07) is 11.0. The van der Waals surface area contributed by atoms with E-state index in [1.807, 2.05) is 13.8 Å². The minimum absolute atomic E-state index is 0.0486. The van der Waals surface area contributed by atoms with Gasteiger partial charge < -0.3 is 10.1 Å². The van der Waals surface area contributed by atoms with Crippen LogP contribution in [0.25, 0.3) is 11.1 Å². The summed E-state index contributed by atoms with van der Waals surface area (Å²) in [6.07, 6.45) is 5.73. The summed E-state index contributed by atoms with van der Waals surface area (Å²) in [5, 5.41) is 3.14. The van der Waals surface area contributed by atoms with E-state index in [1.54, 1.807) is 0 Å².